The maximum Gasteiger partial charge on any atom is 0.306 e. The summed E-state index contributed by atoms with van der Waals surface area (Å²) in [7, 11) is 0. The van der Waals surface area contributed by atoms with Crippen molar-refractivity contribution >= 4 is 11.9 Å². The highest BCUT2D eigenvalue weighted by atomic mass is 16.5. The molecular weight excluding hydrogens is 270 g/mol. The van der Waals surface area contributed by atoms with Crippen molar-refractivity contribution in [2.75, 3.05) is 6.61 Å². The van der Waals surface area contributed by atoms with Gasteiger partial charge in [0.05, 0.1) is 12.0 Å². The van der Waals surface area contributed by atoms with Crippen LogP contribution in [0.1, 0.15) is 37.3 Å². The molecule has 1 fully saturated rings. The minimum absolute atomic E-state index is 0.0177. The molecule has 21 heavy (non-hydrogen) atoms. The zero-order valence-corrected chi connectivity index (χ0v) is 11.7. The molecule has 5 heteroatoms. The molecule has 1 heterocycles. The van der Waals surface area contributed by atoms with Crippen LogP contribution < -0.4 is 10.1 Å². The number of para-hydroxylation sites is 1. The predicted octanol–water partition coefficient (Wildman–Crippen LogP) is 2.13. The Labute approximate surface area is 123 Å². The number of hydrogen-bond acceptors (Lipinski definition) is 3. The number of benzene rings is 1. The number of carboxylic acid groups (broad SMARTS) is 1. The van der Waals surface area contributed by atoms with Crippen LogP contribution in [0.15, 0.2) is 24.3 Å². The molecule has 5 nitrogen and oxygen atoms in total. The van der Waals surface area contributed by atoms with Crippen LogP contribution in [0, 0.1) is 11.8 Å². The minimum atomic E-state index is -0.744. The van der Waals surface area contributed by atoms with Gasteiger partial charge in [0.25, 0.3) is 0 Å². The third-order valence-electron chi connectivity index (χ3n) is 4.46. The van der Waals surface area contributed by atoms with Crippen LogP contribution in [0.3, 0.4) is 0 Å². The van der Waals surface area contributed by atoms with E-state index >= 15 is 0 Å². The fourth-order valence-electron chi connectivity index (χ4n) is 3.17. The van der Waals surface area contributed by atoms with E-state index in [0.717, 1.165) is 11.3 Å². The summed E-state index contributed by atoms with van der Waals surface area (Å²) in [5.74, 6) is -0.258. The van der Waals surface area contributed by atoms with Crippen molar-refractivity contribution in [3.63, 3.8) is 0 Å². The van der Waals surface area contributed by atoms with Crippen molar-refractivity contribution in [2.45, 2.75) is 31.7 Å². The molecule has 1 aliphatic heterocycles. The first-order valence-corrected chi connectivity index (χ1v) is 7.40. The molecule has 1 amide bonds. The summed E-state index contributed by atoms with van der Waals surface area (Å²) in [5.41, 5.74) is 1.02. The topological polar surface area (TPSA) is 75.6 Å². The van der Waals surface area contributed by atoms with Crippen molar-refractivity contribution in [1.29, 1.82) is 0 Å². The highest BCUT2D eigenvalue weighted by Crippen LogP contribution is 2.33. The number of carbonyl (C=O) groups is 2. The van der Waals surface area contributed by atoms with Gasteiger partial charge in [0.1, 0.15) is 12.4 Å². The molecule has 2 N–H and O–H groups in total. The molecule has 1 aromatic carbocycles. The SMILES string of the molecule is O=C(O)C1CCC(C(=O)NC2COc3ccccc32)CC1. The van der Waals surface area contributed by atoms with Gasteiger partial charge in [0, 0.05) is 11.5 Å². The van der Waals surface area contributed by atoms with Gasteiger partial charge >= 0.3 is 5.97 Å². The molecule has 1 saturated carbocycles. The first-order chi connectivity index (χ1) is 10.1. The van der Waals surface area contributed by atoms with Crippen LogP contribution in [0.4, 0.5) is 0 Å². The number of aliphatic carboxylic acids is 1. The third kappa shape index (κ3) is 2.86. The standard InChI is InChI=1S/C16H19NO4/c18-15(10-5-7-11(8-6-10)16(19)20)17-13-9-21-14-4-2-1-3-12(13)14/h1-4,10-11,13H,5-9H2,(H,17,18)(H,19,20). The van der Waals surface area contributed by atoms with Crippen molar-refractivity contribution in [2.24, 2.45) is 11.8 Å². The second-order valence-electron chi connectivity index (χ2n) is 5.80. The molecular formula is C16H19NO4. The van der Waals surface area contributed by atoms with Crippen LogP contribution in [-0.4, -0.2) is 23.6 Å². The molecule has 0 bridgehead atoms. The molecule has 0 aromatic heterocycles. The Balaban J connectivity index is 1.57. The largest absolute Gasteiger partial charge is 0.491 e. The smallest absolute Gasteiger partial charge is 0.306 e. The molecule has 2 aliphatic rings. The number of carbonyl (C=O) groups excluding carboxylic acids is 1. The van der Waals surface area contributed by atoms with E-state index in [1.54, 1.807) is 0 Å². The monoisotopic (exact) mass is 289 g/mol. The van der Waals surface area contributed by atoms with E-state index in [1.807, 2.05) is 24.3 Å². The fourth-order valence-corrected chi connectivity index (χ4v) is 3.17. The first-order valence-electron chi connectivity index (χ1n) is 7.40. The second kappa shape index (κ2) is 5.76. The van der Waals surface area contributed by atoms with Crippen LogP contribution in [0.5, 0.6) is 5.75 Å². The summed E-state index contributed by atoms with van der Waals surface area (Å²) >= 11 is 0. The minimum Gasteiger partial charge on any atom is -0.491 e. The van der Waals surface area contributed by atoms with Crippen LogP contribution in [-0.2, 0) is 9.59 Å². The lowest BCUT2D eigenvalue weighted by molar-refractivity contribution is -0.144. The number of amides is 1. The van der Waals surface area contributed by atoms with Crippen LogP contribution >= 0.6 is 0 Å². The quantitative estimate of drug-likeness (QED) is 0.893. The maximum absolute atomic E-state index is 12.3. The van der Waals surface area contributed by atoms with Gasteiger partial charge in [0.2, 0.25) is 5.91 Å². The van der Waals surface area contributed by atoms with Gasteiger partial charge in [0.15, 0.2) is 0 Å². The Morgan fingerprint density at radius 2 is 1.76 bits per heavy atom. The zero-order valence-electron chi connectivity index (χ0n) is 11.7. The van der Waals surface area contributed by atoms with Crippen molar-refractivity contribution < 1.29 is 19.4 Å². The van der Waals surface area contributed by atoms with Gasteiger partial charge in [-0.15, -0.1) is 0 Å². The summed E-state index contributed by atoms with van der Waals surface area (Å²) in [6.45, 7) is 0.468. The highest BCUT2D eigenvalue weighted by Gasteiger charge is 2.32. The molecule has 1 aliphatic carbocycles. The number of rotatable bonds is 3. The van der Waals surface area contributed by atoms with Gasteiger partial charge in [-0.2, -0.15) is 0 Å². The van der Waals surface area contributed by atoms with Gasteiger partial charge in [-0.3, -0.25) is 9.59 Å². The average Bonchev–Trinajstić information content (AvgIpc) is 2.91. The molecule has 0 spiro atoms. The summed E-state index contributed by atoms with van der Waals surface area (Å²) in [5, 5.41) is 12.0. The van der Waals surface area contributed by atoms with Crippen molar-refractivity contribution in [3.05, 3.63) is 29.8 Å². The van der Waals surface area contributed by atoms with Crippen molar-refractivity contribution in [3.8, 4) is 5.75 Å². The van der Waals surface area contributed by atoms with Gasteiger partial charge in [-0.1, -0.05) is 18.2 Å². The third-order valence-corrected chi connectivity index (χ3v) is 4.46. The van der Waals surface area contributed by atoms with Crippen LogP contribution in [0.25, 0.3) is 0 Å². The molecule has 112 valence electrons. The van der Waals surface area contributed by atoms with E-state index in [9.17, 15) is 9.59 Å². The molecule has 0 saturated heterocycles. The normalized spacial score (nSPS) is 27.5. The van der Waals surface area contributed by atoms with E-state index in [4.69, 9.17) is 9.84 Å². The Kier molecular flexibility index (Phi) is 3.82. The molecule has 1 aromatic rings. The zero-order chi connectivity index (χ0) is 14.8. The van der Waals surface area contributed by atoms with E-state index in [-0.39, 0.29) is 23.8 Å². The number of hydrogen-bond donors (Lipinski definition) is 2. The lowest BCUT2D eigenvalue weighted by Gasteiger charge is -2.26. The van der Waals surface area contributed by atoms with Gasteiger partial charge < -0.3 is 15.2 Å². The van der Waals surface area contributed by atoms with Crippen molar-refractivity contribution in [1.82, 2.24) is 5.32 Å². The van der Waals surface area contributed by atoms with Gasteiger partial charge in [-0.25, -0.2) is 0 Å². The summed E-state index contributed by atoms with van der Waals surface area (Å²) < 4.78 is 5.56. The summed E-state index contributed by atoms with van der Waals surface area (Å²) in [6.07, 6.45) is 2.48. The fraction of sp³-hybridized carbons (Fsp3) is 0.500. The molecule has 3 rings (SSSR count). The van der Waals surface area contributed by atoms with E-state index in [0.29, 0.717) is 32.3 Å². The van der Waals surface area contributed by atoms with Gasteiger partial charge in [-0.05, 0) is 31.7 Å². The van der Waals surface area contributed by atoms with E-state index < -0.39 is 5.97 Å². The van der Waals surface area contributed by atoms with E-state index in [1.165, 1.54) is 0 Å². The number of ether oxygens (including phenoxy) is 1. The number of nitrogens with one attached hydrogen (secondary N) is 1. The number of fused-ring (bicyclic) bond motifs is 1. The van der Waals surface area contributed by atoms with Crippen LogP contribution in [0.2, 0.25) is 0 Å². The first kappa shape index (κ1) is 13.9. The molecule has 0 radical (unpaired) electrons. The lowest BCUT2D eigenvalue weighted by atomic mass is 9.81. The summed E-state index contributed by atoms with van der Waals surface area (Å²) in [6, 6.07) is 7.63. The Morgan fingerprint density at radius 3 is 2.48 bits per heavy atom. The highest BCUT2D eigenvalue weighted by molar-refractivity contribution is 5.80. The Hall–Kier alpha value is -2.04. The molecule has 1 atom stereocenters. The Bertz CT molecular complexity index is 549. The Morgan fingerprint density at radius 1 is 1.10 bits per heavy atom. The van der Waals surface area contributed by atoms with E-state index in [2.05, 4.69) is 5.32 Å². The average molecular weight is 289 g/mol. The number of carboxylic acids is 1. The maximum atomic E-state index is 12.3. The predicted molar refractivity (Wildman–Crippen MR) is 75.9 cm³/mol. The summed E-state index contributed by atoms with van der Waals surface area (Å²) in [4.78, 5) is 23.3. The second-order valence-corrected chi connectivity index (χ2v) is 5.80. The lowest BCUT2D eigenvalue weighted by Crippen LogP contribution is -2.37. The molecule has 1 unspecified atom stereocenters.